The molecule has 1 spiro atoms. The molecule has 174 valence electrons. The van der Waals surface area contributed by atoms with E-state index in [1.54, 1.807) is 17.9 Å². The van der Waals surface area contributed by atoms with Crippen LogP contribution >= 0.6 is 0 Å². The van der Waals surface area contributed by atoms with Gasteiger partial charge in [0.1, 0.15) is 17.4 Å². The van der Waals surface area contributed by atoms with Gasteiger partial charge in [0.25, 0.3) is 0 Å². The predicted molar refractivity (Wildman–Crippen MR) is 119 cm³/mol. The number of Topliss-reactive ketones (excluding diaryl/α,β-unsaturated/α-hetero) is 1. The van der Waals surface area contributed by atoms with Crippen molar-refractivity contribution in [2.75, 3.05) is 45.9 Å². The topological polar surface area (TPSA) is 88.2 Å². The summed E-state index contributed by atoms with van der Waals surface area (Å²) in [6, 6.07) is 6.73. The molecule has 3 aliphatic rings. The lowest BCUT2D eigenvalue weighted by Crippen LogP contribution is -2.49. The highest BCUT2D eigenvalue weighted by molar-refractivity contribution is 6.00. The molecule has 1 aromatic carbocycles. The van der Waals surface area contributed by atoms with E-state index in [0.29, 0.717) is 37.2 Å². The summed E-state index contributed by atoms with van der Waals surface area (Å²) >= 11 is 0. The summed E-state index contributed by atoms with van der Waals surface area (Å²) in [4.78, 5) is 42.2. The number of nitrogens with one attached hydrogen (secondary N) is 1. The van der Waals surface area contributed by atoms with Crippen LogP contribution in [0.2, 0.25) is 0 Å². The highest BCUT2D eigenvalue weighted by Crippen LogP contribution is 2.39. The average molecular weight is 444 g/mol. The van der Waals surface area contributed by atoms with Gasteiger partial charge in [-0.2, -0.15) is 0 Å². The van der Waals surface area contributed by atoms with Crippen molar-refractivity contribution in [3.05, 3.63) is 29.8 Å². The van der Waals surface area contributed by atoms with Gasteiger partial charge in [-0.05, 0) is 38.4 Å². The first-order chi connectivity index (χ1) is 15.5. The molecular weight excluding hydrogens is 410 g/mol. The first kappa shape index (κ1) is 22.7. The number of nitrogens with zero attached hydrogens (tertiary/aromatic N) is 2. The molecule has 32 heavy (non-hydrogen) atoms. The van der Waals surface area contributed by atoms with Gasteiger partial charge in [-0.15, -0.1) is 0 Å². The van der Waals surface area contributed by atoms with Crippen LogP contribution < -0.4 is 10.1 Å². The van der Waals surface area contributed by atoms with Crippen LogP contribution in [0.15, 0.2) is 24.3 Å². The number of likely N-dealkylation sites (tertiary alicyclic amines) is 1. The number of morpholine rings is 1. The van der Waals surface area contributed by atoms with E-state index < -0.39 is 11.6 Å². The number of ketones is 1. The van der Waals surface area contributed by atoms with Crippen molar-refractivity contribution in [3.63, 3.8) is 0 Å². The number of ether oxygens (including phenoxy) is 2. The van der Waals surface area contributed by atoms with Crippen molar-refractivity contribution in [2.24, 2.45) is 0 Å². The second-order valence-electron chi connectivity index (χ2n) is 8.99. The summed E-state index contributed by atoms with van der Waals surface area (Å²) in [5.74, 6) is 0.449. The predicted octanol–water partition coefficient (Wildman–Crippen LogP) is 1.63. The molecule has 0 bridgehead atoms. The number of carbonyl (C=O) groups is 3. The zero-order chi connectivity index (χ0) is 22.6. The van der Waals surface area contributed by atoms with Gasteiger partial charge in [-0.3, -0.25) is 19.3 Å². The maximum Gasteiger partial charge on any atom is 0.242 e. The van der Waals surface area contributed by atoms with Crippen LogP contribution in [0.25, 0.3) is 0 Å². The standard InChI is InChI=1S/C24H33N3O5/c1-18(23(30)25-10-4-11-26-13-15-31-16-14-26)27-12-9-24(8-7-22(27)29)17-20(28)19-5-2-3-6-21(19)32-24/h2-3,5-6,18H,4,7-17H2,1H3,(H,25,30)/t18-,24-/m0/s1. The van der Waals surface area contributed by atoms with Crippen LogP contribution in [0.3, 0.4) is 0 Å². The number of fused-ring (bicyclic) bond motifs is 1. The molecule has 3 aliphatic heterocycles. The Hall–Kier alpha value is -2.45. The lowest BCUT2D eigenvalue weighted by Gasteiger charge is -2.37. The highest BCUT2D eigenvalue weighted by Gasteiger charge is 2.44. The second kappa shape index (κ2) is 10.0. The summed E-state index contributed by atoms with van der Waals surface area (Å²) in [6.07, 6.45) is 2.42. The van der Waals surface area contributed by atoms with Gasteiger partial charge in [0.15, 0.2) is 5.78 Å². The molecule has 3 heterocycles. The Kier molecular flexibility index (Phi) is 7.10. The van der Waals surface area contributed by atoms with Crippen molar-refractivity contribution >= 4 is 17.6 Å². The summed E-state index contributed by atoms with van der Waals surface area (Å²) < 4.78 is 11.6. The van der Waals surface area contributed by atoms with Crippen molar-refractivity contribution in [3.8, 4) is 5.75 Å². The van der Waals surface area contributed by atoms with Crippen LogP contribution in [0.1, 0.15) is 49.4 Å². The molecule has 0 saturated carbocycles. The third kappa shape index (κ3) is 5.13. The molecule has 4 rings (SSSR count). The number of hydrogen-bond donors (Lipinski definition) is 1. The SMILES string of the molecule is C[C@@H](C(=O)NCCCN1CCOCC1)N1CC[C@@]2(CCC1=O)CC(=O)c1ccccc1O2. The number of para-hydroxylation sites is 1. The molecule has 0 radical (unpaired) electrons. The molecule has 2 fully saturated rings. The zero-order valence-electron chi connectivity index (χ0n) is 18.8. The molecule has 0 aromatic heterocycles. The molecule has 2 atom stereocenters. The van der Waals surface area contributed by atoms with E-state index in [0.717, 1.165) is 39.3 Å². The minimum atomic E-state index is -0.676. The maximum absolute atomic E-state index is 12.8. The Morgan fingerprint density at radius 2 is 1.94 bits per heavy atom. The monoisotopic (exact) mass is 443 g/mol. The summed E-state index contributed by atoms with van der Waals surface area (Å²) in [5, 5.41) is 2.98. The summed E-state index contributed by atoms with van der Waals surface area (Å²) in [5.41, 5.74) is -0.0696. The molecule has 2 saturated heterocycles. The molecule has 0 aliphatic carbocycles. The van der Waals surface area contributed by atoms with Gasteiger partial charge in [-0.1, -0.05) is 12.1 Å². The number of rotatable bonds is 6. The Morgan fingerprint density at radius 3 is 2.75 bits per heavy atom. The van der Waals surface area contributed by atoms with Gasteiger partial charge in [0.2, 0.25) is 11.8 Å². The number of benzene rings is 1. The molecule has 2 amide bonds. The van der Waals surface area contributed by atoms with E-state index in [-0.39, 0.29) is 30.4 Å². The number of amides is 2. The molecule has 8 heteroatoms. The van der Waals surface area contributed by atoms with E-state index in [2.05, 4.69) is 10.2 Å². The third-order valence-corrected chi connectivity index (χ3v) is 6.82. The molecular formula is C24H33N3O5. The Morgan fingerprint density at radius 1 is 1.16 bits per heavy atom. The van der Waals surface area contributed by atoms with E-state index in [4.69, 9.17) is 9.47 Å². The summed E-state index contributed by atoms with van der Waals surface area (Å²) in [7, 11) is 0. The molecule has 0 unspecified atom stereocenters. The van der Waals surface area contributed by atoms with E-state index in [9.17, 15) is 14.4 Å². The van der Waals surface area contributed by atoms with E-state index in [1.165, 1.54) is 0 Å². The van der Waals surface area contributed by atoms with Crippen LogP contribution in [0, 0.1) is 0 Å². The van der Waals surface area contributed by atoms with Crippen molar-refractivity contribution < 1.29 is 23.9 Å². The summed E-state index contributed by atoms with van der Waals surface area (Å²) in [6.45, 7) is 7.08. The maximum atomic E-state index is 12.8. The normalized spacial score (nSPS) is 25.1. The van der Waals surface area contributed by atoms with Gasteiger partial charge in [-0.25, -0.2) is 0 Å². The van der Waals surface area contributed by atoms with Crippen LogP contribution in [0.4, 0.5) is 0 Å². The van der Waals surface area contributed by atoms with Gasteiger partial charge < -0.3 is 19.7 Å². The fourth-order valence-electron chi connectivity index (χ4n) is 4.81. The lowest BCUT2D eigenvalue weighted by atomic mass is 9.84. The third-order valence-electron chi connectivity index (χ3n) is 6.82. The number of hydrogen-bond acceptors (Lipinski definition) is 6. The van der Waals surface area contributed by atoms with E-state index in [1.807, 2.05) is 18.2 Å². The van der Waals surface area contributed by atoms with Crippen molar-refractivity contribution in [1.82, 2.24) is 15.1 Å². The fraction of sp³-hybridized carbons (Fsp3) is 0.625. The van der Waals surface area contributed by atoms with Gasteiger partial charge >= 0.3 is 0 Å². The van der Waals surface area contributed by atoms with E-state index >= 15 is 0 Å². The quantitative estimate of drug-likeness (QED) is 0.673. The van der Waals surface area contributed by atoms with Crippen molar-refractivity contribution in [1.29, 1.82) is 0 Å². The highest BCUT2D eigenvalue weighted by atomic mass is 16.5. The van der Waals surface area contributed by atoms with Crippen molar-refractivity contribution in [2.45, 2.75) is 50.7 Å². The van der Waals surface area contributed by atoms with Gasteiger partial charge in [0, 0.05) is 39.0 Å². The molecule has 1 N–H and O–H groups in total. The van der Waals surface area contributed by atoms with Gasteiger partial charge in [0.05, 0.1) is 25.2 Å². The Bertz CT molecular complexity index is 854. The molecule has 1 aromatic rings. The zero-order valence-corrected chi connectivity index (χ0v) is 18.8. The average Bonchev–Trinajstić information content (AvgIpc) is 2.96. The second-order valence-corrected chi connectivity index (χ2v) is 8.99. The minimum Gasteiger partial charge on any atom is -0.486 e. The number of carbonyl (C=O) groups excluding carboxylic acids is 3. The van der Waals surface area contributed by atoms with Crippen LogP contribution in [0.5, 0.6) is 5.75 Å². The minimum absolute atomic E-state index is 0.0545. The molecule has 8 nitrogen and oxygen atoms in total. The fourth-order valence-corrected chi connectivity index (χ4v) is 4.81. The first-order valence-electron chi connectivity index (χ1n) is 11.7. The smallest absolute Gasteiger partial charge is 0.242 e. The van der Waals surface area contributed by atoms with Crippen LogP contribution in [-0.2, 0) is 14.3 Å². The Balaban J connectivity index is 1.30. The first-order valence-corrected chi connectivity index (χ1v) is 11.7. The Labute approximate surface area is 189 Å². The lowest BCUT2D eigenvalue weighted by molar-refractivity contribution is -0.139. The van der Waals surface area contributed by atoms with Crippen LogP contribution in [-0.4, -0.2) is 85.0 Å². The largest absolute Gasteiger partial charge is 0.486 e.